The Morgan fingerprint density at radius 1 is 1.10 bits per heavy atom. The first-order valence-electron chi connectivity index (χ1n) is 10.5. The number of hydrogen-bond donors (Lipinski definition) is 0. The molecule has 2 heterocycles. The molecule has 0 bridgehead atoms. The van der Waals surface area contributed by atoms with Crippen molar-refractivity contribution < 1.29 is 23.6 Å². The Hall–Kier alpha value is -2.28. The van der Waals surface area contributed by atoms with Gasteiger partial charge in [-0.1, -0.05) is 19.0 Å². The van der Waals surface area contributed by atoms with Crippen LogP contribution in [0.3, 0.4) is 0 Å². The first-order chi connectivity index (χ1) is 13.9. The normalized spacial score (nSPS) is 22.1. The predicted molar refractivity (Wildman–Crippen MR) is 105 cm³/mol. The number of ketones is 3. The van der Waals surface area contributed by atoms with Gasteiger partial charge in [-0.25, -0.2) is 0 Å². The Labute approximate surface area is 170 Å². The summed E-state index contributed by atoms with van der Waals surface area (Å²) in [4.78, 5) is 40.4. The van der Waals surface area contributed by atoms with E-state index in [1.54, 1.807) is 0 Å². The second-order valence-electron chi connectivity index (χ2n) is 8.99. The third-order valence-corrected chi connectivity index (χ3v) is 6.03. The number of allylic oxidation sites excluding steroid dienone is 2. The molecule has 29 heavy (non-hydrogen) atoms. The molecule has 2 aliphatic carbocycles. The van der Waals surface area contributed by atoms with Crippen molar-refractivity contribution in [2.45, 2.75) is 58.8 Å². The van der Waals surface area contributed by atoms with Crippen molar-refractivity contribution in [3.63, 3.8) is 0 Å². The molecule has 0 N–H and O–H groups in total. The lowest BCUT2D eigenvalue weighted by Crippen LogP contribution is -2.41. The van der Waals surface area contributed by atoms with Gasteiger partial charge in [-0.3, -0.25) is 14.4 Å². The van der Waals surface area contributed by atoms with Crippen molar-refractivity contribution in [3.8, 4) is 0 Å². The molecule has 0 aromatic carbocycles. The quantitative estimate of drug-likeness (QED) is 0.702. The largest absolute Gasteiger partial charge is 0.378 e. The minimum atomic E-state index is -0.161. The molecule has 1 fully saturated rings. The summed E-state index contributed by atoms with van der Waals surface area (Å²) in [5, 5.41) is 4.04. The lowest BCUT2D eigenvalue weighted by molar-refractivity contribution is -0.123. The molecule has 7 nitrogen and oxygen atoms in total. The molecular weight excluding hydrogens is 372 g/mol. The maximum Gasteiger partial charge on any atom is 0.168 e. The van der Waals surface area contributed by atoms with Crippen LogP contribution in [-0.4, -0.2) is 53.7 Å². The second kappa shape index (κ2) is 7.86. The van der Waals surface area contributed by atoms with Gasteiger partial charge in [0.05, 0.1) is 30.0 Å². The van der Waals surface area contributed by atoms with Crippen LogP contribution in [0.25, 0.3) is 0 Å². The fourth-order valence-corrected chi connectivity index (χ4v) is 4.62. The summed E-state index contributed by atoms with van der Waals surface area (Å²) in [6, 6.07) is 0. The number of morpholine rings is 1. The zero-order valence-electron chi connectivity index (χ0n) is 17.2. The number of hydrogen-bond acceptors (Lipinski definition) is 7. The molecular formula is C22H28N2O5. The van der Waals surface area contributed by atoms with Crippen molar-refractivity contribution in [3.05, 3.63) is 28.3 Å². The number of carbonyl (C=O) groups excluding carboxylic acids is 3. The minimum absolute atomic E-state index is 0.0404. The molecule has 0 amide bonds. The number of rotatable bonds is 5. The number of aromatic nitrogens is 1. The van der Waals surface area contributed by atoms with Crippen LogP contribution in [-0.2, 0) is 27.2 Å². The summed E-state index contributed by atoms with van der Waals surface area (Å²) in [6.45, 7) is 6.74. The molecule has 1 aliphatic heterocycles. The van der Waals surface area contributed by atoms with Gasteiger partial charge in [-0.05, 0) is 18.3 Å². The van der Waals surface area contributed by atoms with Gasteiger partial charge < -0.3 is 14.2 Å². The first kappa shape index (κ1) is 20.0. The molecule has 1 saturated heterocycles. The van der Waals surface area contributed by atoms with E-state index in [9.17, 15) is 14.4 Å². The first-order valence-corrected chi connectivity index (χ1v) is 10.5. The summed E-state index contributed by atoms with van der Waals surface area (Å²) in [5.74, 6) is 0.434. The van der Waals surface area contributed by atoms with E-state index in [1.807, 2.05) is 0 Å². The smallest absolute Gasteiger partial charge is 0.168 e. The monoisotopic (exact) mass is 400 g/mol. The van der Waals surface area contributed by atoms with Crippen LogP contribution in [0.15, 0.2) is 15.8 Å². The molecule has 156 valence electrons. The van der Waals surface area contributed by atoms with Crippen LogP contribution in [0.2, 0.25) is 0 Å². The molecule has 0 unspecified atom stereocenters. The third kappa shape index (κ3) is 4.06. The molecule has 0 atom stereocenters. The number of aryl methyl sites for hydroxylation is 2. The maximum absolute atomic E-state index is 13.1. The molecule has 3 aliphatic rings. The van der Waals surface area contributed by atoms with Crippen molar-refractivity contribution >= 4 is 17.3 Å². The summed E-state index contributed by atoms with van der Waals surface area (Å²) in [6.07, 6.45) is 3.54. The van der Waals surface area contributed by atoms with E-state index < -0.39 is 0 Å². The number of nitrogens with zero attached hydrogens (tertiary/aromatic N) is 2. The zero-order valence-corrected chi connectivity index (χ0v) is 17.2. The SMILES string of the molecule is CC1(C)CC(=O)C(C(=O)CCc2noc3c2C(=O)CCC3)=C(N2CCOCC2)C1. The van der Waals surface area contributed by atoms with Crippen LogP contribution in [0.5, 0.6) is 0 Å². The van der Waals surface area contributed by atoms with Gasteiger partial charge in [0.2, 0.25) is 0 Å². The van der Waals surface area contributed by atoms with E-state index in [0.717, 1.165) is 12.1 Å². The standard InChI is InChI=1S/C22H28N2O5/c1-22(2)12-15(24-8-10-28-11-9-24)21(18(27)13-22)17(26)7-6-14-20-16(25)4-3-5-19(20)29-23-14/h3-13H2,1-2H3. The highest BCUT2D eigenvalue weighted by molar-refractivity contribution is 6.21. The Balaban J connectivity index is 1.56. The Morgan fingerprint density at radius 2 is 1.86 bits per heavy atom. The molecule has 0 saturated carbocycles. The van der Waals surface area contributed by atoms with E-state index in [0.29, 0.717) is 81.0 Å². The van der Waals surface area contributed by atoms with Gasteiger partial charge in [0.1, 0.15) is 5.76 Å². The molecule has 7 heteroatoms. The topological polar surface area (TPSA) is 89.7 Å². The highest BCUT2D eigenvalue weighted by Gasteiger charge is 2.38. The zero-order chi connectivity index (χ0) is 20.6. The van der Waals surface area contributed by atoms with Crippen LogP contribution in [0.4, 0.5) is 0 Å². The summed E-state index contributed by atoms with van der Waals surface area (Å²) in [7, 11) is 0. The number of ether oxygens (including phenoxy) is 1. The van der Waals surface area contributed by atoms with Crippen LogP contribution < -0.4 is 0 Å². The van der Waals surface area contributed by atoms with E-state index in [4.69, 9.17) is 9.26 Å². The maximum atomic E-state index is 13.1. The van der Waals surface area contributed by atoms with Crippen molar-refractivity contribution in [2.75, 3.05) is 26.3 Å². The minimum Gasteiger partial charge on any atom is -0.378 e. The van der Waals surface area contributed by atoms with Crippen LogP contribution in [0, 0.1) is 5.41 Å². The lowest BCUT2D eigenvalue weighted by Gasteiger charge is -2.39. The fourth-order valence-electron chi connectivity index (χ4n) is 4.62. The average Bonchev–Trinajstić information content (AvgIpc) is 3.10. The summed E-state index contributed by atoms with van der Waals surface area (Å²) >= 11 is 0. The average molecular weight is 400 g/mol. The Bertz CT molecular complexity index is 874. The van der Waals surface area contributed by atoms with Crippen LogP contribution >= 0.6 is 0 Å². The number of carbonyl (C=O) groups is 3. The highest BCUT2D eigenvalue weighted by atomic mass is 16.5. The van der Waals surface area contributed by atoms with Crippen molar-refractivity contribution in [1.29, 1.82) is 0 Å². The molecule has 4 rings (SSSR count). The van der Waals surface area contributed by atoms with E-state index in [-0.39, 0.29) is 29.2 Å². The van der Waals surface area contributed by atoms with Gasteiger partial charge >= 0.3 is 0 Å². The van der Waals surface area contributed by atoms with E-state index >= 15 is 0 Å². The Morgan fingerprint density at radius 3 is 2.62 bits per heavy atom. The molecule has 0 spiro atoms. The van der Waals surface area contributed by atoms with Crippen molar-refractivity contribution in [2.24, 2.45) is 5.41 Å². The van der Waals surface area contributed by atoms with Gasteiger partial charge in [0, 0.05) is 50.9 Å². The third-order valence-electron chi connectivity index (χ3n) is 6.03. The van der Waals surface area contributed by atoms with Crippen molar-refractivity contribution in [1.82, 2.24) is 10.1 Å². The van der Waals surface area contributed by atoms with Gasteiger partial charge in [0.15, 0.2) is 17.3 Å². The molecule has 1 aromatic rings. The predicted octanol–water partition coefficient (Wildman–Crippen LogP) is 2.67. The van der Waals surface area contributed by atoms with Gasteiger partial charge in [0.25, 0.3) is 0 Å². The fraction of sp³-hybridized carbons (Fsp3) is 0.636. The second-order valence-corrected chi connectivity index (χ2v) is 8.99. The van der Waals surface area contributed by atoms with Gasteiger partial charge in [-0.2, -0.15) is 0 Å². The van der Waals surface area contributed by atoms with Crippen LogP contribution in [0.1, 0.15) is 67.8 Å². The summed E-state index contributed by atoms with van der Waals surface area (Å²) in [5.41, 5.74) is 2.15. The molecule has 1 aromatic heterocycles. The summed E-state index contributed by atoms with van der Waals surface area (Å²) < 4.78 is 10.8. The lowest BCUT2D eigenvalue weighted by atomic mass is 9.74. The Kier molecular flexibility index (Phi) is 5.42. The highest BCUT2D eigenvalue weighted by Crippen LogP contribution is 2.39. The molecule has 0 radical (unpaired) electrons. The number of fused-ring (bicyclic) bond motifs is 1. The van der Waals surface area contributed by atoms with Gasteiger partial charge in [-0.15, -0.1) is 0 Å². The number of Topliss-reactive ketones (excluding diaryl/α,β-unsaturated/α-hetero) is 3. The van der Waals surface area contributed by atoms with E-state index in [2.05, 4.69) is 23.9 Å². The van der Waals surface area contributed by atoms with E-state index in [1.165, 1.54) is 0 Å².